The minimum atomic E-state index is -4.70. The van der Waals surface area contributed by atoms with Crippen LogP contribution < -0.4 is 0 Å². The van der Waals surface area contributed by atoms with Gasteiger partial charge >= 0.3 is 6.18 Å². The molecule has 1 unspecified atom stereocenters. The number of hydrazone groups is 1. The first-order valence-electron chi connectivity index (χ1n) is 8.08. The highest BCUT2D eigenvalue weighted by atomic mass is 32.2. The van der Waals surface area contributed by atoms with Crippen molar-refractivity contribution in [2.24, 2.45) is 5.10 Å². The van der Waals surface area contributed by atoms with Crippen molar-refractivity contribution in [2.45, 2.75) is 23.5 Å². The minimum absolute atomic E-state index is 0.109. The van der Waals surface area contributed by atoms with Gasteiger partial charge in [-0.05, 0) is 18.2 Å². The molecule has 1 N–H and O–H groups in total. The number of alkyl halides is 3. The maximum Gasteiger partial charge on any atom is 0.431 e. The average molecular weight is 393 g/mol. The standard InChI is InChI=1S/C18H14F3N3O2S/c19-18(20,21)17-10-16(14-11-22-15-9-5-4-8-13(14)15)24(23-17)27(25,26)12-6-2-1-3-7-12/h1-9,11,16,22H,10H2. The molecule has 1 atom stereocenters. The summed E-state index contributed by atoms with van der Waals surface area (Å²) in [5, 5.41) is 4.14. The van der Waals surface area contributed by atoms with Crippen LogP contribution in [0.3, 0.4) is 0 Å². The number of para-hydroxylation sites is 1. The first-order chi connectivity index (χ1) is 12.8. The number of sulfonamides is 1. The highest BCUT2D eigenvalue weighted by molar-refractivity contribution is 7.89. The minimum Gasteiger partial charge on any atom is -0.361 e. The van der Waals surface area contributed by atoms with E-state index in [1.54, 1.807) is 30.3 Å². The lowest BCUT2D eigenvalue weighted by molar-refractivity contribution is -0.0600. The van der Waals surface area contributed by atoms with Crippen LogP contribution >= 0.6 is 0 Å². The van der Waals surface area contributed by atoms with E-state index < -0.39 is 34.4 Å². The zero-order valence-electron chi connectivity index (χ0n) is 13.8. The fourth-order valence-corrected chi connectivity index (χ4v) is 4.63. The van der Waals surface area contributed by atoms with Crippen molar-refractivity contribution in [3.05, 3.63) is 66.4 Å². The number of hydrogen-bond donors (Lipinski definition) is 1. The summed E-state index contributed by atoms with van der Waals surface area (Å²) >= 11 is 0. The number of rotatable bonds is 3. The number of benzene rings is 2. The molecule has 0 fully saturated rings. The lowest BCUT2D eigenvalue weighted by Crippen LogP contribution is -2.27. The molecule has 0 saturated carbocycles. The normalized spacial score (nSPS) is 18.1. The smallest absolute Gasteiger partial charge is 0.361 e. The Balaban J connectivity index is 1.86. The van der Waals surface area contributed by atoms with Crippen molar-refractivity contribution in [1.82, 2.24) is 9.40 Å². The molecule has 0 bridgehead atoms. The summed E-state index contributed by atoms with van der Waals surface area (Å²) in [4.78, 5) is 2.87. The number of fused-ring (bicyclic) bond motifs is 1. The summed E-state index contributed by atoms with van der Waals surface area (Å²) in [6, 6.07) is 13.3. The molecule has 0 aliphatic carbocycles. The molecule has 1 aromatic heterocycles. The number of aromatic amines is 1. The first kappa shape index (κ1) is 17.6. The van der Waals surface area contributed by atoms with Crippen LogP contribution in [0.4, 0.5) is 13.2 Å². The van der Waals surface area contributed by atoms with E-state index in [9.17, 15) is 21.6 Å². The zero-order valence-corrected chi connectivity index (χ0v) is 14.6. The van der Waals surface area contributed by atoms with E-state index in [-0.39, 0.29) is 4.90 Å². The highest BCUT2D eigenvalue weighted by Crippen LogP contribution is 2.41. The molecule has 9 heteroatoms. The van der Waals surface area contributed by atoms with Gasteiger partial charge in [0.05, 0.1) is 10.9 Å². The maximum absolute atomic E-state index is 13.3. The molecule has 140 valence electrons. The molecule has 4 rings (SSSR count). The van der Waals surface area contributed by atoms with E-state index in [1.165, 1.54) is 30.5 Å². The molecule has 2 aromatic carbocycles. The second kappa shape index (κ2) is 6.12. The van der Waals surface area contributed by atoms with Crippen LogP contribution in [0.2, 0.25) is 0 Å². The Hall–Kier alpha value is -2.81. The van der Waals surface area contributed by atoms with Crippen molar-refractivity contribution in [1.29, 1.82) is 0 Å². The van der Waals surface area contributed by atoms with Crippen molar-refractivity contribution >= 4 is 26.6 Å². The molecule has 3 aromatic rings. The molecule has 0 saturated heterocycles. The maximum atomic E-state index is 13.3. The Labute approximate surface area is 153 Å². The fourth-order valence-electron chi connectivity index (χ4n) is 3.18. The third-order valence-electron chi connectivity index (χ3n) is 4.47. The summed E-state index contributed by atoms with van der Waals surface area (Å²) < 4.78 is 66.4. The number of hydrogen-bond acceptors (Lipinski definition) is 3. The van der Waals surface area contributed by atoms with Gasteiger partial charge in [0.1, 0.15) is 5.71 Å². The van der Waals surface area contributed by atoms with Gasteiger partial charge in [0, 0.05) is 29.1 Å². The van der Waals surface area contributed by atoms with Crippen LogP contribution in [0.25, 0.3) is 10.9 Å². The van der Waals surface area contributed by atoms with Gasteiger partial charge < -0.3 is 4.98 Å². The summed E-state index contributed by atoms with van der Waals surface area (Å²) in [5.74, 6) is 0. The molecule has 0 amide bonds. The van der Waals surface area contributed by atoms with Gasteiger partial charge in [0.25, 0.3) is 10.0 Å². The predicted octanol–water partition coefficient (Wildman–Crippen LogP) is 4.22. The third-order valence-corrected chi connectivity index (χ3v) is 6.16. The lowest BCUT2D eigenvalue weighted by atomic mass is 10.0. The topological polar surface area (TPSA) is 65.5 Å². The molecular weight excluding hydrogens is 379 g/mol. The number of nitrogens with zero attached hydrogens (tertiary/aromatic N) is 2. The number of aromatic nitrogens is 1. The second-order valence-electron chi connectivity index (χ2n) is 6.14. The molecule has 2 heterocycles. The predicted molar refractivity (Wildman–Crippen MR) is 94.6 cm³/mol. The van der Waals surface area contributed by atoms with Crippen molar-refractivity contribution in [2.75, 3.05) is 0 Å². The lowest BCUT2D eigenvalue weighted by Gasteiger charge is -2.23. The Bertz CT molecular complexity index is 1120. The Morgan fingerprint density at radius 1 is 1.04 bits per heavy atom. The van der Waals surface area contributed by atoms with Gasteiger partial charge in [-0.25, -0.2) is 0 Å². The van der Waals surface area contributed by atoms with Crippen molar-refractivity contribution < 1.29 is 21.6 Å². The highest BCUT2D eigenvalue weighted by Gasteiger charge is 2.47. The quantitative estimate of drug-likeness (QED) is 0.724. The largest absolute Gasteiger partial charge is 0.431 e. The van der Waals surface area contributed by atoms with Crippen molar-refractivity contribution in [3.63, 3.8) is 0 Å². The molecule has 1 aliphatic heterocycles. The van der Waals surface area contributed by atoms with E-state index in [4.69, 9.17) is 0 Å². The zero-order chi connectivity index (χ0) is 19.2. The molecule has 0 radical (unpaired) electrons. The van der Waals surface area contributed by atoms with Crippen LogP contribution in [-0.4, -0.2) is 29.7 Å². The van der Waals surface area contributed by atoms with E-state index in [2.05, 4.69) is 10.1 Å². The summed E-state index contributed by atoms with van der Waals surface area (Å²) in [6.07, 6.45) is -3.71. The first-order valence-corrected chi connectivity index (χ1v) is 9.52. The van der Waals surface area contributed by atoms with Gasteiger partial charge in [-0.2, -0.15) is 31.1 Å². The van der Waals surface area contributed by atoms with Gasteiger partial charge in [0.15, 0.2) is 0 Å². The summed E-state index contributed by atoms with van der Waals surface area (Å²) in [6.45, 7) is 0. The van der Waals surface area contributed by atoms with E-state index in [0.29, 0.717) is 20.9 Å². The average Bonchev–Trinajstić information content (AvgIpc) is 3.26. The Morgan fingerprint density at radius 3 is 2.41 bits per heavy atom. The van der Waals surface area contributed by atoms with Gasteiger partial charge in [0.2, 0.25) is 0 Å². The van der Waals surface area contributed by atoms with Crippen LogP contribution in [0, 0.1) is 0 Å². The number of nitrogens with one attached hydrogen (secondary N) is 1. The third kappa shape index (κ3) is 2.97. The Kier molecular flexibility index (Phi) is 3.99. The fraction of sp³-hybridized carbons (Fsp3) is 0.167. The molecule has 27 heavy (non-hydrogen) atoms. The SMILES string of the molecule is O=S(=O)(c1ccccc1)N1N=C(C(F)(F)F)CC1c1c[nH]c2ccccc12. The van der Waals surface area contributed by atoms with Crippen LogP contribution in [0.5, 0.6) is 0 Å². The molecular formula is C18H14F3N3O2S. The Morgan fingerprint density at radius 2 is 1.70 bits per heavy atom. The van der Waals surface area contributed by atoms with E-state index in [0.717, 1.165) is 0 Å². The van der Waals surface area contributed by atoms with Gasteiger partial charge in [-0.3, -0.25) is 0 Å². The van der Waals surface area contributed by atoms with E-state index in [1.807, 2.05) is 0 Å². The second-order valence-corrected chi connectivity index (χ2v) is 7.94. The molecule has 0 spiro atoms. The number of halogens is 3. The molecule has 1 aliphatic rings. The summed E-state index contributed by atoms with van der Waals surface area (Å²) in [5.41, 5.74) is 0.0513. The van der Waals surface area contributed by atoms with Crippen LogP contribution in [0.15, 0.2) is 70.8 Å². The molecule has 5 nitrogen and oxygen atoms in total. The van der Waals surface area contributed by atoms with Crippen LogP contribution in [-0.2, 0) is 10.0 Å². The van der Waals surface area contributed by atoms with E-state index >= 15 is 0 Å². The number of H-pyrrole nitrogens is 1. The van der Waals surface area contributed by atoms with Crippen LogP contribution in [0.1, 0.15) is 18.0 Å². The monoisotopic (exact) mass is 393 g/mol. The van der Waals surface area contributed by atoms with Crippen molar-refractivity contribution in [3.8, 4) is 0 Å². The van der Waals surface area contributed by atoms with Gasteiger partial charge in [-0.15, -0.1) is 0 Å². The summed E-state index contributed by atoms with van der Waals surface area (Å²) in [7, 11) is -4.24. The van der Waals surface area contributed by atoms with Gasteiger partial charge in [-0.1, -0.05) is 36.4 Å².